The summed E-state index contributed by atoms with van der Waals surface area (Å²) in [5, 5.41) is 2.84. The van der Waals surface area contributed by atoms with E-state index in [1.165, 1.54) is 4.90 Å². The second-order valence-electron chi connectivity index (χ2n) is 7.61. The first-order chi connectivity index (χ1) is 11.9. The number of nitrogens with zero attached hydrogens (tertiary/aromatic N) is 1. The van der Waals surface area contributed by atoms with E-state index >= 15 is 0 Å². The van der Waals surface area contributed by atoms with Gasteiger partial charge in [-0.05, 0) is 68.2 Å². The molecule has 1 aromatic carbocycles. The molecule has 0 aromatic heterocycles. The fourth-order valence-electron chi connectivity index (χ4n) is 4.88. The lowest BCUT2D eigenvalue weighted by Crippen LogP contribution is -2.39. The highest BCUT2D eigenvalue weighted by molar-refractivity contribution is 9.10. The molecule has 1 aliphatic heterocycles. The molecule has 3 aliphatic rings. The van der Waals surface area contributed by atoms with E-state index in [1.807, 2.05) is 26.0 Å². The minimum atomic E-state index is -0.321. The lowest BCUT2D eigenvalue weighted by atomic mass is 9.81. The molecule has 5 nitrogen and oxygen atoms in total. The Morgan fingerprint density at radius 1 is 1.12 bits per heavy atom. The van der Waals surface area contributed by atoms with Crippen molar-refractivity contribution in [1.82, 2.24) is 4.90 Å². The highest BCUT2D eigenvalue weighted by atomic mass is 79.9. The van der Waals surface area contributed by atoms with Gasteiger partial charge < -0.3 is 5.32 Å². The summed E-state index contributed by atoms with van der Waals surface area (Å²) >= 11 is 3.47. The number of carbonyl (C=O) groups excluding carboxylic acids is 3. The lowest BCUT2D eigenvalue weighted by molar-refractivity contribution is -0.143. The maximum Gasteiger partial charge on any atom is 0.244 e. The summed E-state index contributed by atoms with van der Waals surface area (Å²) in [6.07, 6.45) is 3.09. The third-order valence-electron chi connectivity index (χ3n) is 6.10. The van der Waals surface area contributed by atoms with Gasteiger partial charge in [-0.15, -0.1) is 0 Å². The minimum absolute atomic E-state index is 0.138. The molecule has 3 fully saturated rings. The first-order valence-corrected chi connectivity index (χ1v) is 9.58. The lowest BCUT2D eigenvalue weighted by Gasteiger charge is -2.19. The summed E-state index contributed by atoms with van der Waals surface area (Å²) in [6.45, 7) is 3.68. The Hall–Kier alpha value is -1.69. The molecule has 1 saturated heterocycles. The molecule has 4 rings (SSSR count). The Kier molecular flexibility index (Phi) is 3.98. The van der Waals surface area contributed by atoms with Crippen molar-refractivity contribution in [3.8, 4) is 0 Å². The molecule has 6 heteroatoms. The van der Waals surface area contributed by atoms with Gasteiger partial charge in [-0.3, -0.25) is 19.3 Å². The van der Waals surface area contributed by atoms with E-state index in [4.69, 9.17) is 0 Å². The van der Waals surface area contributed by atoms with Gasteiger partial charge in [0.15, 0.2) is 0 Å². The van der Waals surface area contributed by atoms with Crippen molar-refractivity contribution in [3.63, 3.8) is 0 Å². The molecule has 1 N–H and O–H groups in total. The third kappa shape index (κ3) is 2.62. The number of likely N-dealkylation sites (tertiary alicyclic amines) is 1. The Bertz CT molecular complexity index is 763. The Morgan fingerprint density at radius 2 is 1.72 bits per heavy atom. The number of aryl methyl sites for hydroxylation is 2. The van der Waals surface area contributed by atoms with E-state index in [-0.39, 0.29) is 36.1 Å². The van der Waals surface area contributed by atoms with Crippen molar-refractivity contribution in [3.05, 3.63) is 27.7 Å². The van der Waals surface area contributed by atoms with Crippen LogP contribution in [0.25, 0.3) is 0 Å². The molecular formula is C19H21BrN2O3. The number of fused-ring (bicyclic) bond motifs is 5. The number of hydrogen-bond acceptors (Lipinski definition) is 3. The molecule has 2 bridgehead atoms. The van der Waals surface area contributed by atoms with Crippen LogP contribution in [0.5, 0.6) is 0 Å². The maximum atomic E-state index is 12.7. The topological polar surface area (TPSA) is 66.5 Å². The van der Waals surface area contributed by atoms with Crippen LogP contribution in [0.3, 0.4) is 0 Å². The molecular weight excluding hydrogens is 384 g/mol. The summed E-state index contributed by atoms with van der Waals surface area (Å²) in [6, 6.07) is 3.83. The van der Waals surface area contributed by atoms with Crippen LogP contribution in [0.15, 0.2) is 16.6 Å². The average Bonchev–Trinajstić information content (AvgIpc) is 3.22. The van der Waals surface area contributed by atoms with Crippen molar-refractivity contribution in [2.75, 3.05) is 11.9 Å². The van der Waals surface area contributed by atoms with E-state index in [2.05, 4.69) is 21.2 Å². The maximum absolute atomic E-state index is 12.7. The van der Waals surface area contributed by atoms with Crippen LogP contribution >= 0.6 is 15.9 Å². The van der Waals surface area contributed by atoms with Crippen LogP contribution in [-0.4, -0.2) is 29.2 Å². The van der Waals surface area contributed by atoms with Crippen molar-refractivity contribution in [2.45, 2.75) is 33.1 Å². The van der Waals surface area contributed by atoms with Crippen LogP contribution in [0.4, 0.5) is 5.69 Å². The fraction of sp³-hybridized carbons (Fsp3) is 0.526. The monoisotopic (exact) mass is 404 g/mol. The van der Waals surface area contributed by atoms with E-state index in [0.717, 1.165) is 34.9 Å². The normalized spacial score (nSPS) is 30.1. The molecule has 0 radical (unpaired) electrons. The molecule has 2 saturated carbocycles. The molecule has 0 spiro atoms. The zero-order chi connectivity index (χ0) is 17.9. The molecule has 2 aliphatic carbocycles. The third-order valence-corrected chi connectivity index (χ3v) is 6.95. The van der Waals surface area contributed by atoms with Crippen molar-refractivity contribution >= 4 is 39.3 Å². The molecule has 4 atom stereocenters. The van der Waals surface area contributed by atoms with Crippen LogP contribution in [0.1, 0.15) is 30.4 Å². The van der Waals surface area contributed by atoms with E-state index < -0.39 is 0 Å². The van der Waals surface area contributed by atoms with Crippen molar-refractivity contribution < 1.29 is 14.4 Å². The van der Waals surface area contributed by atoms with Gasteiger partial charge in [-0.25, -0.2) is 0 Å². The predicted molar refractivity (Wildman–Crippen MR) is 96.8 cm³/mol. The second-order valence-corrected chi connectivity index (χ2v) is 8.47. The molecule has 4 unspecified atom stereocenters. The second kappa shape index (κ2) is 5.94. The van der Waals surface area contributed by atoms with Crippen LogP contribution in [-0.2, 0) is 14.4 Å². The number of carbonyl (C=O) groups is 3. The van der Waals surface area contributed by atoms with Gasteiger partial charge in [0.1, 0.15) is 6.54 Å². The number of benzene rings is 1. The smallest absolute Gasteiger partial charge is 0.244 e. The number of halogens is 1. The SMILES string of the molecule is Cc1cc(NC(=O)CN2C(=O)C3C4CCC(C4)C3C2=O)c(C)cc1Br. The summed E-state index contributed by atoms with van der Waals surface area (Å²) < 4.78 is 0.983. The van der Waals surface area contributed by atoms with Crippen molar-refractivity contribution in [2.24, 2.45) is 23.7 Å². The van der Waals surface area contributed by atoms with E-state index in [1.54, 1.807) is 0 Å². The van der Waals surface area contributed by atoms with Gasteiger partial charge in [0.2, 0.25) is 17.7 Å². The van der Waals surface area contributed by atoms with E-state index in [0.29, 0.717) is 17.5 Å². The van der Waals surface area contributed by atoms with Crippen molar-refractivity contribution in [1.29, 1.82) is 0 Å². The highest BCUT2D eigenvalue weighted by Crippen LogP contribution is 2.56. The zero-order valence-corrected chi connectivity index (χ0v) is 15.9. The van der Waals surface area contributed by atoms with Gasteiger partial charge in [0.25, 0.3) is 0 Å². The first-order valence-electron chi connectivity index (χ1n) is 8.78. The largest absolute Gasteiger partial charge is 0.324 e. The summed E-state index contributed by atoms with van der Waals surface area (Å²) in [5.41, 5.74) is 2.66. The van der Waals surface area contributed by atoms with Gasteiger partial charge >= 0.3 is 0 Å². The van der Waals surface area contributed by atoms with Gasteiger partial charge in [-0.2, -0.15) is 0 Å². The fourth-order valence-corrected chi connectivity index (χ4v) is 5.33. The minimum Gasteiger partial charge on any atom is -0.324 e. The molecule has 1 aromatic rings. The number of nitrogens with one attached hydrogen (secondary N) is 1. The summed E-state index contributed by atoms with van der Waals surface area (Å²) in [7, 11) is 0. The number of anilines is 1. The van der Waals surface area contributed by atoms with Gasteiger partial charge in [0, 0.05) is 10.2 Å². The number of amides is 3. The van der Waals surface area contributed by atoms with E-state index in [9.17, 15) is 14.4 Å². The molecule has 25 heavy (non-hydrogen) atoms. The predicted octanol–water partition coefficient (Wildman–Crippen LogP) is 3.04. The Morgan fingerprint density at radius 3 is 2.32 bits per heavy atom. The summed E-state index contributed by atoms with van der Waals surface area (Å²) in [4.78, 5) is 38.9. The van der Waals surface area contributed by atoms with Gasteiger partial charge in [0.05, 0.1) is 11.8 Å². The number of hydrogen-bond donors (Lipinski definition) is 1. The van der Waals surface area contributed by atoms with Crippen LogP contribution < -0.4 is 5.32 Å². The number of rotatable bonds is 3. The Balaban J connectivity index is 1.48. The number of imide groups is 1. The highest BCUT2D eigenvalue weighted by Gasteiger charge is 2.60. The molecule has 3 amide bonds. The standard InChI is InChI=1S/C19H21BrN2O3/c1-9-6-14(10(2)5-13(9)20)21-15(23)8-22-18(24)16-11-3-4-12(7-11)17(16)19(22)25/h5-6,11-12,16-17H,3-4,7-8H2,1-2H3,(H,21,23). The average molecular weight is 405 g/mol. The molecule has 132 valence electrons. The van der Waals surface area contributed by atoms with Gasteiger partial charge in [-0.1, -0.05) is 15.9 Å². The first kappa shape index (κ1) is 16.8. The summed E-state index contributed by atoms with van der Waals surface area (Å²) in [5.74, 6) is -0.251. The Labute approximate surface area is 155 Å². The zero-order valence-electron chi connectivity index (χ0n) is 14.3. The quantitative estimate of drug-likeness (QED) is 0.787. The van der Waals surface area contributed by atoms with Crippen LogP contribution in [0.2, 0.25) is 0 Å². The van der Waals surface area contributed by atoms with Crippen LogP contribution in [0, 0.1) is 37.5 Å². The molecule has 1 heterocycles.